The maximum Gasteiger partial charge on any atom is 0.255 e. The van der Waals surface area contributed by atoms with Crippen LogP contribution in [0.4, 0.5) is 11.4 Å². The minimum Gasteiger partial charge on any atom is -0.378 e. The molecule has 1 aliphatic heterocycles. The summed E-state index contributed by atoms with van der Waals surface area (Å²) in [6, 6.07) is 12.8. The van der Waals surface area contributed by atoms with Crippen LogP contribution in [-0.2, 0) is 11.3 Å². The second kappa shape index (κ2) is 10.6. The van der Waals surface area contributed by atoms with Gasteiger partial charge in [-0.05, 0) is 29.8 Å². The Morgan fingerprint density at radius 3 is 2.38 bits per heavy atom. The van der Waals surface area contributed by atoms with Gasteiger partial charge in [-0.1, -0.05) is 29.8 Å². The maximum atomic E-state index is 12.5. The van der Waals surface area contributed by atoms with Crippen LogP contribution in [0.25, 0.3) is 0 Å². The lowest BCUT2D eigenvalue weighted by Crippen LogP contribution is -2.37. The Balaban J connectivity index is 0.00000169. The number of para-hydroxylation sites is 1. The number of amides is 1. The Kier molecular flexibility index (Phi) is 9.19. The number of nitrogens with zero attached hydrogens (tertiary/aromatic N) is 1. The number of nitrogens with two attached hydrogens (primary N) is 1. The van der Waals surface area contributed by atoms with Crippen molar-refractivity contribution in [1.82, 2.24) is 0 Å². The van der Waals surface area contributed by atoms with Crippen LogP contribution in [0.1, 0.15) is 15.9 Å². The lowest BCUT2D eigenvalue weighted by molar-refractivity contribution is 0.102. The molecule has 1 amide bonds. The highest BCUT2D eigenvalue weighted by Gasteiger charge is 2.19. The maximum absolute atomic E-state index is 12.5. The minimum atomic E-state index is -0.171. The quantitative estimate of drug-likeness (QED) is 0.794. The van der Waals surface area contributed by atoms with Crippen molar-refractivity contribution >= 4 is 53.7 Å². The zero-order valence-corrected chi connectivity index (χ0v) is 16.5. The first kappa shape index (κ1) is 22.5. The molecule has 1 saturated heterocycles. The predicted octanol–water partition coefficient (Wildman–Crippen LogP) is 3.73. The molecule has 142 valence electrons. The summed E-state index contributed by atoms with van der Waals surface area (Å²) in [5, 5.41) is 3.58. The molecule has 2 aromatic rings. The molecule has 0 spiro atoms. The van der Waals surface area contributed by atoms with Crippen LogP contribution in [0, 0.1) is 0 Å². The summed E-state index contributed by atoms with van der Waals surface area (Å²) >= 11 is 6.38. The average molecular weight is 419 g/mol. The van der Waals surface area contributed by atoms with Gasteiger partial charge in [-0.2, -0.15) is 0 Å². The van der Waals surface area contributed by atoms with Gasteiger partial charge in [0, 0.05) is 25.2 Å². The summed E-state index contributed by atoms with van der Waals surface area (Å²) < 4.78 is 5.39. The van der Waals surface area contributed by atoms with Gasteiger partial charge in [-0.15, -0.1) is 24.8 Å². The third-order valence-electron chi connectivity index (χ3n) is 4.01. The molecule has 0 saturated carbocycles. The summed E-state index contributed by atoms with van der Waals surface area (Å²) in [5.74, 6) is -0.171. The number of ether oxygens (including phenoxy) is 1. The van der Waals surface area contributed by atoms with Gasteiger partial charge in [0.25, 0.3) is 5.91 Å². The third-order valence-corrected chi connectivity index (χ3v) is 4.32. The third kappa shape index (κ3) is 5.25. The Hall–Kier alpha value is -1.50. The van der Waals surface area contributed by atoms with Crippen molar-refractivity contribution in [1.29, 1.82) is 0 Å². The highest BCUT2D eigenvalue weighted by Crippen LogP contribution is 2.34. The number of carbonyl (C=O) groups excluding carboxylic acids is 1. The van der Waals surface area contributed by atoms with E-state index < -0.39 is 0 Å². The highest BCUT2D eigenvalue weighted by molar-refractivity contribution is 6.34. The SMILES string of the molecule is Cl.Cl.NCc1ccc(C(=O)Nc2cccc(Cl)c2N2CCOCC2)cc1. The normalized spacial score (nSPS) is 13.4. The van der Waals surface area contributed by atoms with E-state index in [2.05, 4.69) is 10.2 Å². The van der Waals surface area contributed by atoms with E-state index in [1.54, 1.807) is 12.1 Å². The van der Waals surface area contributed by atoms with Crippen LogP contribution in [-0.4, -0.2) is 32.2 Å². The second-order valence-electron chi connectivity index (χ2n) is 5.59. The number of carbonyl (C=O) groups is 1. The highest BCUT2D eigenvalue weighted by atomic mass is 35.5. The number of halogens is 3. The van der Waals surface area contributed by atoms with Gasteiger partial charge in [0.1, 0.15) is 0 Å². The average Bonchev–Trinajstić information content (AvgIpc) is 2.62. The van der Waals surface area contributed by atoms with E-state index in [1.807, 2.05) is 30.3 Å². The van der Waals surface area contributed by atoms with Gasteiger partial charge in [-0.25, -0.2) is 0 Å². The topological polar surface area (TPSA) is 67.6 Å². The molecule has 8 heteroatoms. The Morgan fingerprint density at radius 1 is 1.12 bits per heavy atom. The zero-order valence-electron chi connectivity index (χ0n) is 14.1. The number of nitrogens with one attached hydrogen (secondary N) is 1. The van der Waals surface area contributed by atoms with E-state index >= 15 is 0 Å². The summed E-state index contributed by atoms with van der Waals surface area (Å²) in [6.45, 7) is 3.26. The molecule has 0 aromatic heterocycles. The lowest BCUT2D eigenvalue weighted by atomic mass is 10.1. The lowest BCUT2D eigenvalue weighted by Gasteiger charge is -2.31. The van der Waals surface area contributed by atoms with Crippen molar-refractivity contribution in [2.45, 2.75) is 6.54 Å². The van der Waals surface area contributed by atoms with E-state index in [4.69, 9.17) is 22.1 Å². The van der Waals surface area contributed by atoms with Crippen LogP contribution >= 0.6 is 36.4 Å². The molecule has 3 N–H and O–H groups in total. The van der Waals surface area contributed by atoms with Crippen molar-refractivity contribution in [3.05, 3.63) is 58.6 Å². The molecule has 1 aliphatic rings. The van der Waals surface area contributed by atoms with Crippen molar-refractivity contribution in [3.63, 3.8) is 0 Å². The number of anilines is 2. The zero-order chi connectivity index (χ0) is 16.9. The molecule has 0 radical (unpaired) electrons. The van der Waals surface area contributed by atoms with Crippen molar-refractivity contribution in [3.8, 4) is 0 Å². The minimum absolute atomic E-state index is 0. The molecule has 5 nitrogen and oxygen atoms in total. The number of rotatable bonds is 4. The molecular formula is C18H22Cl3N3O2. The molecule has 0 aliphatic carbocycles. The van der Waals surface area contributed by atoms with Crippen LogP contribution in [0.15, 0.2) is 42.5 Å². The fourth-order valence-corrected chi connectivity index (χ4v) is 3.01. The van der Waals surface area contributed by atoms with E-state index in [-0.39, 0.29) is 30.7 Å². The smallest absolute Gasteiger partial charge is 0.255 e. The van der Waals surface area contributed by atoms with Gasteiger partial charge in [-0.3, -0.25) is 4.79 Å². The number of hydrogen-bond acceptors (Lipinski definition) is 4. The molecule has 0 atom stereocenters. The molecule has 1 fully saturated rings. The standard InChI is InChI=1S/C18H20ClN3O2.2ClH/c19-15-2-1-3-16(17(15)22-8-10-24-11-9-22)21-18(23)14-6-4-13(12-20)5-7-14;;/h1-7H,8-12,20H2,(H,21,23);2*1H. The predicted molar refractivity (Wildman–Crippen MR) is 111 cm³/mol. The van der Waals surface area contributed by atoms with Gasteiger partial charge in [0.05, 0.1) is 29.6 Å². The first-order valence-electron chi connectivity index (χ1n) is 7.90. The summed E-state index contributed by atoms with van der Waals surface area (Å²) in [5.41, 5.74) is 8.71. The van der Waals surface area contributed by atoms with E-state index in [0.29, 0.717) is 36.0 Å². The monoisotopic (exact) mass is 417 g/mol. The van der Waals surface area contributed by atoms with Gasteiger partial charge >= 0.3 is 0 Å². The van der Waals surface area contributed by atoms with Crippen molar-refractivity contribution in [2.75, 3.05) is 36.5 Å². The fourth-order valence-electron chi connectivity index (χ4n) is 2.71. The van der Waals surface area contributed by atoms with Gasteiger partial charge in [0.2, 0.25) is 0 Å². The van der Waals surface area contributed by atoms with E-state index in [1.165, 1.54) is 0 Å². The van der Waals surface area contributed by atoms with Crippen LogP contribution in [0.5, 0.6) is 0 Å². The molecule has 1 heterocycles. The number of morpholine rings is 1. The Bertz CT molecular complexity index is 720. The molecule has 0 bridgehead atoms. The number of hydrogen-bond donors (Lipinski definition) is 2. The summed E-state index contributed by atoms with van der Waals surface area (Å²) in [4.78, 5) is 14.7. The fraction of sp³-hybridized carbons (Fsp3) is 0.278. The van der Waals surface area contributed by atoms with Crippen LogP contribution in [0.3, 0.4) is 0 Å². The Morgan fingerprint density at radius 2 is 1.77 bits per heavy atom. The molecule has 3 rings (SSSR count). The molecule has 0 unspecified atom stereocenters. The first-order valence-corrected chi connectivity index (χ1v) is 8.28. The van der Waals surface area contributed by atoms with Crippen LogP contribution in [0.2, 0.25) is 5.02 Å². The molecule has 2 aromatic carbocycles. The van der Waals surface area contributed by atoms with E-state index in [0.717, 1.165) is 24.3 Å². The second-order valence-corrected chi connectivity index (χ2v) is 6.00. The van der Waals surface area contributed by atoms with Gasteiger partial charge in [0.15, 0.2) is 0 Å². The summed E-state index contributed by atoms with van der Waals surface area (Å²) in [7, 11) is 0. The van der Waals surface area contributed by atoms with Gasteiger partial charge < -0.3 is 20.7 Å². The van der Waals surface area contributed by atoms with Crippen molar-refractivity contribution in [2.24, 2.45) is 5.73 Å². The first-order chi connectivity index (χ1) is 11.7. The van der Waals surface area contributed by atoms with E-state index in [9.17, 15) is 4.79 Å². The Labute approximate surface area is 170 Å². The summed E-state index contributed by atoms with van der Waals surface area (Å²) in [6.07, 6.45) is 0. The van der Waals surface area contributed by atoms with Crippen LogP contribution < -0.4 is 16.0 Å². The number of benzene rings is 2. The molecule has 26 heavy (non-hydrogen) atoms. The largest absolute Gasteiger partial charge is 0.378 e. The van der Waals surface area contributed by atoms with Crippen molar-refractivity contribution < 1.29 is 9.53 Å². The molecular weight excluding hydrogens is 397 g/mol.